The van der Waals surface area contributed by atoms with Gasteiger partial charge in [-0.3, -0.25) is 4.79 Å². The number of aromatic carboxylic acids is 1. The Balaban J connectivity index is 2.35. The van der Waals surface area contributed by atoms with E-state index >= 15 is 0 Å². The Labute approximate surface area is 138 Å². The van der Waals surface area contributed by atoms with Gasteiger partial charge in [-0.05, 0) is 24.1 Å². The molecule has 0 saturated heterocycles. The smallest absolute Gasteiger partial charge is 0.335 e. The van der Waals surface area contributed by atoms with E-state index in [1.54, 1.807) is 0 Å². The maximum atomic E-state index is 12.2. The van der Waals surface area contributed by atoms with Crippen LogP contribution in [0.15, 0.2) is 33.7 Å². The number of nitrogens with zero attached hydrogens (tertiary/aromatic N) is 1. The first kappa shape index (κ1) is 17.7. The molecule has 1 heterocycles. The molecule has 1 aromatic carbocycles. The van der Waals surface area contributed by atoms with Gasteiger partial charge in [0, 0.05) is 18.0 Å². The van der Waals surface area contributed by atoms with Crippen LogP contribution in [-0.2, 0) is 9.84 Å². The van der Waals surface area contributed by atoms with Gasteiger partial charge in [0.05, 0.1) is 16.2 Å². The largest absolute Gasteiger partial charge is 0.478 e. The summed E-state index contributed by atoms with van der Waals surface area (Å²) in [5.41, 5.74) is 0.368. The van der Waals surface area contributed by atoms with Crippen LogP contribution >= 0.6 is 0 Å². The van der Waals surface area contributed by atoms with Crippen molar-refractivity contribution in [1.82, 2.24) is 5.16 Å². The Morgan fingerprint density at radius 1 is 1.21 bits per heavy atom. The van der Waals surface area contributed by atoms with Gasteiger partial charge in [0.2, 0.25) is 5.76 Å². The number of benzene rings is 1. The molecule has 0 fully saturated rings. The Kier molecular flexibility index (Phi) is 4.74. The molecule has 24 heavy (non-hydrogen) atoms. The summed E-state index contributed by atoms with van der Waals surface area (Å²) in [4.78, 5) is 23.1. The number of carbonyl (C=O) groups is 2. The van der Waals surface area contributed by atoms with E-state index in [9.17, 15) is 18.0 Å². The molecule has 0 saturated carbocycles. The molecule has 0 aliphatic carbocycles. The molecule has 0 atom stereocenters. The molecule has 2 aromatic rings. The van der Waals surface area contributed by atoms with Gasteiger partial charge in [0.15, 0.2) is 9.84 Å². The molecular weight excluding hydrogens is 336 g/mol. The molecule has 0 spiro atoms. The fraction of sp³-hybridized carbons (Fsp3) is 0.267. The lowest BCUT2D eigenvalue weighted by Crippen LogP contribution is -2.13. The molecule has 1 aromatic heterocycles. The van der Waals surface area contributed by atoms with Gasteiger partial charge in [0.1, 0.15) is 0 Å². The van der Waals surface area contributed by atoms with Crippen LogP contribution in [0.3, 0.4) is 0 Å². The van der Waals surface area contributed by atoms with Gasteiger partial charge in [-0.25, -0.2) is 13.2 Å². The first-order valence-corrected chi connectivity index (χ1v) is 8.83. The van der Waals surface area contributed by atoms with Gasteiger partial charge >= 0.3 is 5.97 Å². The molecule has 128 valence electrons. The molecule has 9 heteroatoms. The highest BCUT2D eigenvalue weighted by Crippen LogP contribution is 2.21. The third-order valence-corrected chi connectivity index (χ3v) is 4.28. The lowest BCUT2D eigenvalue weighted by Gasteiger charge is -2.07. The number of aromatic nitrogens is 1. The van der Waals surface area contributed by atoms with E-state index in [2.05, 4.69) is 10.5 Å². The van der Waals surface area contributed by atoms with E-state index < -0.39 is 21.7 Å². The molecule has 2 rings (SSSR count). The number of carboxylic acids is 1. The lowest BCUT2D eigenvalue weighted by atomic mass is 10.1. The van der Waals surface area contributed by atoms with Gasteiger partial charge in [0.25, 0.3) is 5.91 Å². The van der Waals surface area contributed by atoms with E-state index in [1.807, 2.05) is 13.8 Å². The zero-order chi connectivity index (χ0) is 18.1. The number of anilines is 1. The number of nitrogens with one attached hydrogen (secondary N) is 1. The molecule has 0 aliphatic heterocycles. The van der Waals surface area contributed by atoms with E-state index in [4.69, 9.17) is 9.63 Å². The normalized spacial score (nSPS) is 11.5. The van der Waals surface area contributed by atoms with Crippen molar-refractivity contribution in [3.63, 3.8) is 0 Å². The average molecular weight is 352 g/mol. The summed E-state index contributed by atoms with van der Waals surface area (Å²) < 4.78 is 28.3. The summed E-state index contributed by atoms with van der Waals surface area (Å²) in [6.07, 6.45) is 0.949. The third-order valence-electron chi connectivity index (χ3n) is 3.18. The minimum absolute atomic E-state index is 0.0304. The second-order valence-electron chi connectivity index (χ2n) is 5.55. The Hall–Kier alpha value is -2.68. The maximum absolute atomic E-state index is 12.2. The summed E-state index contributed by atoms with van der Waals surface area (Å²) in [5, 5.41) is 15.3. The van der Waals surface area contributed by atoms with Crippen LogP contribution in [0.4, 0.5) is 5.69 Å². The molecule has 1 amide bonds. The summed E-state index contributed by atoms with van der Waals surface area (Å²) in [7, 11) is -3.64. The van der Waals surface area contributed by atoms with Crippen molar-refractivity contribution < 1.29 is 27.6 Å². The first-order chi connectivity index (χ1) is 11.1. The Morgan fingerprint density at radius 2 is 1.88 bits per heavy atom. The van der Waals surface area contributed by atoms with E-state index in [1.165, 1.54) is 12.1 Å². The molecule has 8 nitrogen and oxygen atoms in total. The van der Waals surface area contributed by atoms with Gasteiger partial charge < -0.3 is 14.9 Å². The van der Waals surface area contributed by atoms with Crippen LogP contribution < -0.4 is 5.32 Å². The van der Waals surface area contributed by atoms with E-state index in [0.29, 0.717) is 5.69 Å². The summed E-state index contributed by atoms with van der Waals surface area (Å²) in [6, 6.07) is 4.84. The minimum atomic E-state index is -3.64. The fourth-order valence-corrected chi connectivity index (χ4v) is 2.55. The maximum Gasteiger partial charge on any atom is 0.335 e. The summed E-state index contributed by atoms with van der Waals surface area (Å²) >= 11 is 0. The summed E-state index contributed by atoms with van der Waals surface area (Å²) in [6.45, 7) is 3.77. The van der Waals surface area contributed by atoms with Crippen LogP contribution in [-0.4, -0.2) is 36.8 Å². The second-order valence-corrected chi connectivity index (χ2v) is 7.56. The zero-order valence-electron chi connectivity index (χ0n) is 13.2. The van der Waals surface area contributed by atoms with Crippen molar-refractivity contribution in [3.05, 3.63) is 41.3 Å². The summed E-state index contributed by atoms with van der Waals surface area (Å²) in [5.74, 6) is -1.95. The number of hydrogen-bond donors (Lipinski definition) is 2. The van der Waals surface area contributed by atoms with E-state index in [-0.39, 0.29) is 27.8 Å². The molecule has 2 N–H and O–H groups in total. The zero-order valence-corrected chi connectivity index (χ0v) is 14.0. The van der Waals surface area contributed by atoms with Gasteiger partial charge in [-0.1, -0.05) is 19.0 Å². The van der Waals surface area contributed by atoms with Crippen LogP contribution in [0.25, 0.3) is 0 Å². The SMILES string of the molecule is CC(C)c1cc(C(=O)Nc2cc(C(=O)O)cc(S(C)(=O)=O)c2)on1. The highest BCUT2D eigenvalue weighted by molar-refractivity contribution is 7.90. The number of rotatable bonds is 5. The van der Waals surface area contributed by atoms with Crippen LogP contribution in [0.5, 0.6) is 0 Å². The topological polar surface area (TPSA) is 127 Å². The van der Waals surface area contributed by atoms with Crippen LogP contribution in [0, 0.1) is 0 Å². The number of sulfone groups is 1. The van der Waals surface area contributed by atoms with Gasteiger partial charge in [-0.15, -0.1) is 0 Å². The monoisotopic (exact) mass is 352 g/mol. The number of carboxylic acid groups (broad SMARTS) is 1. The van der Waals surface area contributed by atoms with E-state index in [0.717, 1.165) is 18.4 Å². The predicted octanol–water partition coefficient (Wildman–Crippen LogP) is 2.15. The fourth-order valence-electron chi connectivity index (χ4n) is 1.87. The molecule has 0 bridgehead atoms. The second kappa shape index (κ2) is 6.44. The first-order valence-electron chi connectivity index (χ1n) is 6.94. The van der Waals surface area contributed by atoms with Crippen molar-refractivity contribution in [3.8, 4) is 0 Å². The Bertz CT molecular complexity index is 898. The van der Waals surface area contributed by atoms with Crippen molar-refractivity contribution in [2.24, 2.45) is 0 Å². The standard InChI is InChI=1S/C15H16N2O6S/c1-8(2)12-7-13(23-17-12)14(18)16-10-4-9(15(19)20)5-11(6-10)24(3,21)22/h4-8H,1-3H3,(H,16,18)(H,19,20). The average Bonchev–Trinajstić information content (AvgIpc) is 2.96. The number of amides is 1. The highest BCUT2D eigenvalue weighted by Gasteiger charge is 2.18. The van der Waals surface area contributed by atoms with Crippen molar-refractivity contribution in [2.75, 3.05) is 11.6 Å². The van der Waals surface area contributed by atoms with Crippen LogP contribution in [0.2, 0.25) is 0 Å². The number of hydrogen-bond acceptors (Lipinski definition) is 6. The van der Waals surface area contributed by atoms with Crippen LogP contribution in [0.1, 0.15) is 46.4 Å². The predicted molar refractivity (Wildman–Crippen MR) is 85.1 cm³/mol. The van der Waals surface area contributed by atoms with Crippen molar-refractivity contribution >= 4 is 27.4 Å². The Morgan fingerprint density at radius 3 is 2.38 bits per heavy atom. The van der Waals surface area contributed by atoms with Crippen molar-refractivity contribution in [1.29, 1.82) is 0 Å². The van der Waals surface area contributed by atoms with Crippen molar-refractivity contribution in [2.45, 2.75) is 24.7 Å². The molecule has 0 aliphatic rings. The quantitative estimate of drug-likeness (QED) is 0.844. The minimum Gasteiger partial charge on any atom is -0.478 e. The molecular formula is C15H16N2O6S. The third kappa shape index (κ3) is 3.99. The molecule has 0 unspecified atom stereocenters. The van der Waals surface area contributed by atoms with Gasteiger partial charge in [-0.2, -0.15) is 0 Å². The lowest BCUT2D eigenvalue weighted by molar-refractivity contribution is 0.0696. The highest BCUT2D eigenvalue weighted by atomic mass is 32.2. The molecule has 0 radical (unpaired) electrons. The number of carbonyl (C=O) groups excluding carboxylic acids is 1.